The molecule has 1 aliphatic heterocycles. The van der Waals surface area contributed by atoms with Gasteiger partial charge in [-0.05, 0) is 24.8 Å². The van der Waals surface area contributed by atoms with Crippen molar-refractivity contribution in [3.8, 4) is 0 Å². The van der Waals surface area contributed by atoms with Gasteiger partial charge >= 0.3 is 0 Å². The van der Waals surface area contributed by atoms with E-state index < -0.39 is 5.91 Å². The molecule has 0 spiro atoms. The SMILES string of the molecule is O=C(CCC1=CCN(CCCc2ccccc2)C1=O)NO. The highest BCUT2D eigenvalue weighted by atomic mass is 16.5. The molecule has 0 atom stereocenters. The Morgan fingerprint density at radius 1 is 1.24 bits per heavy atom. The Kier molecular flexibility index (Phi) is 5.51. The van der Waals surface area contributed by atoms with Crippen molar-refractivity contribution in [1.29, 1.82) is 0 Å². The molecule has 2 rings (SSSR count). The third-order valence-corrected chi connectivity index (χ3v) is 3.60. The lowest BCUT2D eigenvalue weighted by molar-refractivity contribution is -0.129. The van der Waals surface area contributed by atoms with Crippen LogP contribution in [-0.4, -0.2) is 35.0 Å². The fourth-order valence-corrected chi connectivity index (χ4v) is 2.42. The average Bonchev–Trinajstić information content (AvgIpc) is 2.86. The summed E-state index contributed by atoms with van der Waals surface area (Å²) in [5.41, 5.74) is 3.52. The molecular weight excluding hydrogens is 268 g/mol. The van der Waals surface area contributed by atoms with E-state index in [4.69, 9.17) is 5.21 Å². The molecule has 1 aliphatic rings. The van der Waals surface area contributed by atoms with Crippen LogP contribution >= 0.6 is 0 Å². The number of carbonyl (C=O) groups excluding carboxylic acids is 2. The predicted molar refractivity (Wildman–Crippen MR) is 78.6 cm³/mol. The number of nitrogens with zero attached hydrogens (tertiary/aromatic N) is 1. The Balaban J connectivity index is 1.72. The monoisotopic (exact) mass is 288 g/mol. The highest BCUT2D eigenvalue weighted by molar-refractivity contribution is 5.96. The quantitative estimate of drug-likeness (QED) is 0.592. The minimum Gasteiger partial charge on any atom is -0.335 e. The normalized spacial score (nSPS) is 14.2. The molecule has 0 saturated heterocycles. The number of hydrogen-bond acceptors (Lipinski definition) is 3. The third kappa shape index (κ3) is 4.43. The maximum absolute atomic E-state index is 12.1. The number of benzene rings is 1. The van der Waals surface area contributed by atoms with Crippen LogP contribution in [0.1, 0.15) is 24.8 Å². The molecule has 0 saturated carbocycles. The van der Waals surface area contributed by atoms with Crippen LogP contribution in [0.2, 0.25) is 0 Å². The van der Waals surface area contributed by atoms with Gasteiger partial charge in [0.05, 0.1) is 0 Å². The summed E-state index contributed by atoms with van der Waals surface area (Å²) in [6.07, 6.45) is 4.25. The van der Waals surface area contributed by atoms with Crippen molar-refractivity contribution in [3.05, 3.63) is 47.5 Å². The number of carbonyl (C=O) groups is 2. The van der Waals surface area contributed by atoms with E-state index in [-0.39, 0.29) is 12.3 Å². The molecule has 0 unspecified atom stereocenters. The Morgan fingerprint density at radius 2 is 2.00 bits per heavy atom. The van der Waals surface area contributed by atoms with Crippen molar-refractivity contribution in [2.75, 3.05) is 13.1 Å². The highest BCUT2D eigenvalue weighted by Crippen LogP contribution is 2.17. The van der Waals surface area contributed by atoms with E-state index >= 15 is 0 Å². The first-order valence-corrected chi connectivity index (χ1v) is 7.16. The summed E-state index contributed by atoms with van der Waals surface area (Å²) in [6, 6.07) is 10.2. The summed E-state index contributed by atoms with van der Waals surface area (Å²) in [5.74, 6) is -0.458. The van der Waals surface area contributed by atoms with Crippen LogP contribution in [0.4, 0.5) is 0 Å². The van der Waals surface area contributed by atoms with Crippen molar-refractivity contribution >= 4 is 11.8 Å². The van der Waals surface area contributed by atoms with E-state index in [1.165, 1.54) is 5.56 Å². The fourth-order valence-electron chi connectivity index (χ4n) is 2.42. The molecular formula is C16H20N2O3. The first-order valence-electron chi connectivity index (χ1n) is 7.16. The molecule has 2 N–H and O–H groups in total. The average molecular weight is 288 g/mol. The van der Waals surface area contributed by atoms with Crippen LogP contribution in [-0.2, 0) is 16.0 Å². The summed E-state index contributed by atoms with van der Waals surface area (Å²) in [4.78, 5) is 24.9. The Labute approximate surface area is 124 Å². The zero-order valence-corrected chi connectivity index (χ0v) is 11.9. The smallest absolute Gasteiger partial charge is 0.249 e. The molecule has 0 radical (unpaired) electrons. The van der Waals surface area contributed by atoms with Gasteiger partial charge in [0, 0.05) is 25.1 Å². The van der Waals surface area contributed by atoms with E-state index in [1.807, 2.05) is 24.3 Å². The topological polar surface area (TPSA) is 69.6 Å². The van der Waals surface area contributed by atoms with Gasteiger partial charge in [-0.2, -0.15) is 0 Å². The molecule has 0 bridgehead atoms. The number of aryl methyl sites for hydroxylation is 1. The lowest BCUT2D eigenvalue weighted by Gasteiger charge is -2.16. The Hall–Kier alpha value is -2.14. The maximum Gasteiger partial charge on any atom is 0.249 e. The lowest BCUT2D eigenvalue weighted by Crippen LogP contribution is -2.28. The third-order valence-electron chi connectivity index (χ3n) is 3.60. The van der Waals surface area contributed by atoms with Gasteiger partial charge in [-0.15, -0.1) is 0 Å². The van der Waals surface area contributed by atoms with Gasteiger partial charge in [-0.25, -0.2) is 5.48 Å². The van der Waals surface area contributed by atoms with Crippen molar-refractivity contribution in [2.24, 2.45) is 0 Å². The number of rotatable bonds is 7. The van der Waals surface area contributed by atoms with Crippen LogP contribution in [0.5, 0.6) is 0 Å². The van der Waals surface area contributed by atoms with Gasteiger partial charge in [0.1, 0.15) is 0 Å². The Morgan fingerprint density at radius 3 is 2.71 bits per heavy atom. The first kappa shape index (κ1) is 15.3. The van der Waals surface area contributed by atoms with Gasteiger partial charge in [0.25, 0.3) is 0 Å². The van der Waals surface area contributed by atoms with E-state index in [9.17, 15) is 9.59 Å². The first-order chi connectivity index (χ1) is 10.2. The largest absolute Gasteiger partial charge is 0.335 e. The molecule has 0 aromatic heterocycles. The van der Waals surface area contributed by atoms with E-state index in [2.05, 4.69) is 12.1 Å². The molecule has 0 aliphatic carbocycles. The molecule has 5 nitrogen and oxygen atoms in total. The molecule has 1 aromatic rings. The number of nitrogens with one attached hydrogen (secondary N) is 1. The maximum atomic E-state index is 12.1. The van der Waals surface area contributed by atoms with Gasteiger partial charge in [-0.1, -0.05) is 36.4 Å². The van der Waals surface area contributed by atoms with Gasteiger partial charge in [0.15, 0.2) is 0 Å². The van der Waals surface area contributed by atoms with Crippen LogP contribution < -0.4 is 5.48 Å². The molecule has 1 heterocycles. The number of hydrogen-bond donors (Lipinski definition) is 2. The number of hydroxylamine groups is 1. The fraction of sp³-hybridized carbons (Fsp3) is 0.375. The zero-order chi connectivity index (χ0) is 15.1. The van der Waals surface area contributed by atoms with Crippen molar-refractivity contribution < 1.29 is 14.8 Å². The van der Waals surface area contributed by atoms with Crippen molar-refractivity contribution in [2.45, 2.75) is 25.7 Å². The van der Waals surface area contributed by atoms with Crippen LogP contribution in [0.3, 0.4) is 0 Å². The standard InChI is InChI=1S/C16H20N2O3/c19-15(17-21)9-8-14-10-12-18(16(14)20)11-4-7-13-5-2-1-3-6-13/h1-3,5-6,10,21H,4,7-9,11-12H2,(H,17,19). The van der Waals surface area contributed by atoms with Gasteiger partial charge in [-0.3, -0.25) is 14.8 Å². The predicted octanol–water partition coefficient (Wildman–Crippen LogP) is 1.67. The van der Waals surface area contributed by atoms with E-state index in [1.54, 1.807) is 10.4 Å². The van der Waals surface area contributed by atoms with Crippen LogP contribution in [0.25, 0.3) is 0 Å². The lowest BCUT2D eigenvalue weighted by atomic mass is 10.1. The second kappa shape index (κ2) is 7.59. The minimum absolute atomic E-state index is 0.00815. The van der Waals surface area contributed by atoms with Crippen molar-refractivity contribution in [3.63, 3.8) is 0 Å². The number of amides is 2. The Bertz CT molecular complexity index is 526. The minimum atomic E-state index is -0.466. The molecule has 0 fully saturated rings. The summed E-state index contributed by atoms with van der Waals surface area (Å²) in [6.45, 7) is 1.34. The molecule has 5 heteroatoms. The van der Waals surface area contributed by atoms with Gasteiger partial charge in [0.2, 0.25) is 11.8 Å². The molecule has 112 valence electrons. The van der Waals surface area contributed by atoms with Crippen molar-refractivity contribution in [1.82, 2.24) is 10.4 Å². The second-order valence-electron chi connectivity index (χ2n) is 5.10. The van der Waals surface area contributed by atoms with Crippen LogP contribution in [0.15, 0.2) is 42.0 Å². The highest BCUT2D eigenvalue weighted by Gasteiger charge is 2.23. The van der Waals surface area contributed by atoms with Gasteiger partial charge < -0.3 is 4.90 Å². The summed E-state index contributed by atoms with van der Waals surface area (Å²) >= 11 is 0. The summed E-state index contributed by atoms with van der Waals surface area (Å²) < 4.78 is 0. The zero-order valence-electron chi connectivity index (χ0n) is 11.9. The van der Waals surface area contributed by atoms with E-state index in [0.29, 0.717) is 18.5 Å². The molecule has 21 heavy (non-hydrogen) atoms. The second-order valence-corrected chi connectivity index (χ2v) is 5.10. The van der Waals surface area contributed by atoms with Crippen LogP contribution in [0, 0.1) is 0 Å². The molecule has 1 aromatic carbocycles. The summed E-state index contributed by atoms with van der Waals surface area (Å²) in [7, 11) is 0. The molecule has 2 amide bonds. The van der Waals surface area contributed by atoms with E-state index in [0.717, 1.165) is 19.4 Å². The summed E-state index contributed by atoms with van der Waals surface area (Å²) in [5, 5.41) is 8.44.